The van der Waals surface area contributed by atoms with E-state index < -0.39 is 0 Å². The molecule has 1 heterocycles. The molecule has 1 aliphatic carbocycles. The Morgan fingerprint density at radius 3 is 2.95 bits per heavy atom. The van der Waals surface area contributed by atoms with Crippen LogP contribution in [0.3, 0.4) is 0 Å². The number of benzene rings is 1. The van der Waals surface area contributed by atoms with Crippen molar-refractivity contribution in [3.63, 3.8) is 0 Å². The highest BCUT2D eigenvalue weighted by Gasteiger charge is 2.27. The van der Waals surface area contributed by atoms with Gasteiger partial charge in [0.2, 0.25) is 0 Å². The summed E-state index contributed by atoms with van der Waals surface area (Å²) < 4.78 is 10.7. The second kappa shape index (κ2) is 5.83. The van der Waals surface area contributed by atoms with Crippen molar-refractivity contribution in [2.75, 3.05) is 13.7 Å². The fourth-order valence-electron chi connectivity index (χ4n) is 2.68. The average Bonchev–Trinajstić information content (AvgIpc) is 2.96. The Kier molecular flexibility index (Phi) is 3.88. The highest BCUT2D eigenvalue weighted by Crippen LogP contribution is 2.37. The Bertz CT molecular complexity index is 704. The van der Waals surface area contributed by atoms with Crippen LogP contribution in [0.15, 0.2) is 22.7 Å². The summed E-state index contributed by atoms with van der Waals surface area (Å²) in [6.07, 6.45) is 1.64. The van der Waals surface area contributed by atoms with Gasteiger partial charge in [0.05, 0.1) is 7.11 Å². The Hall–Kier alpha value is -2.30. The molecule has 2 aromatic rings. The summed E-state index contributed by atoms with van der Waals surface area (Å²) in [4.78, 5) is 12.3. The molecule has 0 atom stereocenters. The van der Waals surface area contributed by atoms with Crippen LogP contribution in [-0.4, -0.2) is 24.7 Å². The molecule has 1 aromatic carbocycles. The highest BCUT2D eigenvalue weighted by atomic mass is 16.5. The van der Waals surface area contributed by atoms with Crippen molar-refractivity contribution in [1.29, 1.82) is 0 Å². The van der Waals surface area contributed by atoms with Gasteiger partial charge in [-0.05, 0) is 36.5 Å². The third-order valence-electron chi connectivity index (χ3n) is 3.88. The molecule has 0 fully saturated rings. The van der Waals surface area contributed by atoms with Gasteiger partial charge in [0.1, 0.15) is 5.75 Å². The zero-order chi connectivity index (χ0) is 15.7. The third-order valence-corrected chi connectivity index (χ3v) is 3.88. The molecule has 22 heavy (non-hydrogen) atoms. The van der Waals surface area contributed by atoms with Crippen LogP contribution in [0.5, 0.6) is 5.75 Å². The maximum Gasteiger partial charge on any atom is 0.273 e. The van der Waals surface area contributed by atoms with Crippen molar-refractivity contribution < 1.29 is 14.1 Å². The van der Waals surface area contributed by atoms with Crippen LogP contribution in [0.2, 0.25) is 0 Å². The fraction of sp³-hybridized carbons (Fsp3) is 0.412. The van der Waals surface area contributed by atoms with E-state index in [1.54, 1.807) is 7.11 Å². The number of nitrogens with one attached hydrogen (secondary N) is 1. The van der Waals surface area contributed by atoms with Gasteiger partial charge in [-0.2, -0.15) is 0 Å². The zero-order valence-corrected chi connectivity index (χ0v) is 13.1. The molecule has 1 amide bonds. The van der Waals surface area contributed by atoms with E-state index in [4.69, 9.17) is 9.26 Å². The summed E-state index contributed by atoms with van der Waals surface area (Å²) in [5.74, 6) is 1.70. The first kappa shape index (κ1) is 14.6. The lowest BCUT2D eigenvalue weighted by Gasteiger charge is -2.15. The molecule has 5 nitrogen and oxygen atoms in total. The Balaban J connectivity index is 1.94. The fourth-order valence-corrected chi connectivity index (χ4v) is 2.68. The van der Waals surface area contributed by atoms with Crippen LogP contribution in [0.4, 0.5) is 0 Å². The van der Waals surface area contributed by atoms with Crippen LogP contribution in [0.25, 0.3) is 11.3 Å². The number of nitrogens with zero attached hydrogens (tertiary/aromatic N) is 1. The number of carbonyl (C=O) groups excluding carboxylic acids is 1. The molecule has 3 rings (SSSR count). The van der Waals surface area contributed by atoms with Crippen molar-refractivity contribution in [3.8, 4) is 17.1 Å². The number of hydrogen-bond acceptors (Lipinski definition) is 4. The number of aromatic nitrogens is 1. The van der Waals surface area contributed by atoms with E-state index in [2.05, 4.69) is 24.3 Å². The van der Waals surface area contributed by atoms with Crippen molar-refractivity contribution in [3.05, 3.63) is 35.0 Å². The molecule has 0 saturated heterocycles. The number of carbonyl (C=O) groups is 1. The standard InChI is InChI=1S/C17H20N2O3/c1-10(2)9-18-17(20)15-13-7-5-11-4-6-12(21-3)8-14(11)16(13)22-19-15/h4,6,8,10H,5,7,9H2,1-3H3,(H,18,20). The molecule has 5 heteroatoms. The Labute approximate surface area is 129 Å². The van der Waals surface area contributed by atoms with Gasteiger partial charge in [0.15, 0.2) is 11.5 Å². The van der Waals surface area contributed by atoms with Gasteiger partial charge in [-0.1, -0.05) is 25.1 Å². The van der Waals surface area contributed by atoms with Gasteiger partial charge in [-0.3, -0.25) is 4.79 Å². The van der Waals surface area contributed by atoms with Gasteiger partial charge in [0.25, 0.3) is 5.91 Å². The van der Waals surface area contributed by atoms with E-state index in [1.165, 1.54) is 5.56 Å². The van der Waals surface area contributed by atoms with Crippen LogP contribution in [0, 0.1) is 5.92 Å². The van der Waals surface area contributed by atoms with Gasteiger partial charge < -0.3 is 14.6 Å². The molecule has 1 N–H and O–H groups in total. The molecule has 0 spiro atoms. The summed E-state index contributed by atoms with van der Waals surface area (Å²) >= 11 is 0. The molecular formula is C17H20N2O3. The predicted molar refractivity (Wildman–Crippen MR) is 83.1 cm³/mol. The molecule has 1 aromatic heterocycles. The van der Waals surface area contributed by atoms with E-state index in [1.807, 2.05) is 18.2 Å². The van der Waals surface area contributed by atoms with E-state index in [9.17, 15) is 4.79 Å². The second-order valence-electron chi connectivity index (χ2n) is 5.97. The summed E-state index contributed by atoms with van der Waals surface area (Å²) in [6.45, 7) is 4.74. The minimum atomic E-state index is -0.162. The maximum absolute atomic E-state index is 12.3. The van der Waals surface area contributed by atoms with Crippen molar-refractivity contribution >= 4 is 5.91 Å². The molecule has 0 saturated carbocycles. The summed E-state index contributed by atoms with van der Waals surface area (Å²) in [7, 11) is 1.64. The number of ether oxygens (including phenoxy) is 1. The van der Waals surface area contributed by atoms with Gasteiger partial charge in [0, 0.05) is 17.7 Å². The van der Waals surface area contributed by atoms with E-state index >= 15 is 0 Å². The van der Waals surface area contributed by atoms with Gasteiger partial charge >= 0.3 is 0 Å². The van der Waals surface area contributed by atoms with Crippen LogP contribution >= 0.6 is 0 Å². The third kappa shape index (κ3) is 2.58. The average molecular weight is 300 g/mol. The largest absolute Gasteiger partial charge is 0.497 e. The lowest BCUT2D eigenvalue weighted by Crippen LogP contribution is -2.28. The molecule has 0 unspecified atom stereocenters. The molecule has 116 valence electrons. The lowest BCUT2D eigenvalue weighted by atomic mass is 9.89. The summed E-state index contributed by atoms with van der Waals surface area (Å²) in [6, 6.07) is 5.92. The van der Waals surface area contributed by atoms with E-state index in [0.717, 1.165) is 29.7 Å². The number of amides is 1. The van der Waals surface area contributed by atoms with Crippen molar-refractivity contribution in [2.24, 2.45) is 5.92 Å². The minimum Gasteiger partial charge on any atom is -0.497 e. The van der Waals surface area contributed by atoms with Gasteiger partial charge in [-0.15, -0.1) is 0 Å². The summed E-state index contributed by atoms with van der Waals surface area (Å²) in [5.41, 5.74) is 3.46. The smallest absolute Gasteiger partial charge is 0.273 e. The SMILES string of the molecule is COc1ccc2c(c1)-c1onc(C(=O)NCC(C)C)c1CC2. The Morgan fingerprint density at radius 2 is 2.23 bits per heavy atom. The van der Waals surface area contributed by atoms with E-state index in [-0.39, 0.29) is 5.91 Å². The highest BCUT2D eigenvalue weighted by molar-refractivity contribution is 5.95. The van der Waals surface area contributed by atoms with Crippen LogP contribution in [-0.2, 0) is 12.8 Å². The molecule has 0 bridgehead atoms. The molecular weight excluding hydrogens is 280 g/mol. The molecule has 1 aliphatic rings. The van der Waals surface area contributed by atoms with Crippen molar-refractivity contribution in [1.82, 2.24) is 10.5 Å². The number of aryl methyl sites for hydroxylation is 1. The molecule has 0 aliphatic heterocycles. The van der Waals surface area contributed by atoms with Crippen molar-refractivity contribution in [2.45, 2.75) is 26.7 Å². The minimum absolute atomic E-state index is 0.162. The first-order valence-electron chi connectivity index (χ1n) is 7.54. The first-order chi connectivity index (χ1) is 10.6. The number of hydrogen-bond donors (Lipinski definition) is 1. The quantitative estimate of drug-likeness (QED) is 0.943. The van der Waals surface area contributed by atoms with Crippen LogP contribution < -0.4 is 10.1 Å². The monoisotopic (exact) mass is 300 g/mol. The second-order valence-corrected chi connectivity index (χ2v) is 5.97. The first-order valence-corrected chi connectivity index (χ1v) is 7.54. The zero-order valence-electron chi connectivity index (χ0n) is 13.1. The van der Waals surface area contributed by atoms with Gasteiger partial charge in [-0.25, -0.2) is 0 Å². The summed E-state index contributed by atoms with van der Waals surface area (Å²) in [5, 5.41) is 6.90. The van der Waals surface area contributed by atoms with Crippen LogP contribution in [0.1, 0.15) is 35.5 Å². The number of fused-ring (bicyclic) bond motifs is 3. The number of methoxy groups -OCH3 is 1. The maximum atomic E-state index is 12.3. The number of rotatable bonds is 4. The predicted octanol–water partition coefficient (Wildman–Crippen LogP) is 2.83. The molecule has 0 radical (unpaired) electrons. The Morgan fingerprint density at radius 1 is 1.41 bits per heavy atom. The lowest BCUT2D eigenvalue weighted by molar-refractivity contribution is 0.0939. The topological polar surface area (TPSA) is 64.4 Å². The normalized spacial score (nSPS) is 12.7. The van der Waals surface area contributed by atoms with E-state index in [0.29, 0.717) is 23.9 Å².